The fourth-order valence-electron chi connectivity index (χ4n) is 7.45. The molecule has 2 aliphatic rings. The molecule has 0 spiro atoms. The van der Waals surface area contributed by atoms with E-state index in [1.807, 2.05) is 34.6 Å². The fraction of sp³-hybridized carbons (Fsp3) is 0.775. The number of hydrogen-bond donors (Lipinski definition) is 4. The molecule has 13 heteroatoms. The van der Waals surface area contributed by atoms with E-state index in [1.54, 1.807) is 12.2 Å². The average Bonchev–Trinajstić information content (AvgIpc) is 3.46. The predicted molar refractivity (Wildman–Crippen MR) is 211 cm³/mol. The van der Waals surface area contributed by atoms with Crippen molar-refractivity contribution in [3.05, 3.63) is 25.3 Å². The van der Waals surface area contributed by atoms with Crippen LogP contribution >= 0.6 is 0 Å². The van der Waals surface area contributed by atoms with Gasteiger partial charge in [-0.2, -0.15) is 0 Å². The maximum atomic E-state index is 14.6. The van der Waals surface area contributed by atoms with E-state index in [4.69, 9.17) is 0 Å². The summed E-state index contributed by atoms with van der Waals surface area (Å²) in [5, 5.41) is 11.3. The van der Waals surface area contributed by atoms with Gasteiger partial charge in [-0.25, -0.2) is 13.2 Å². The van der Waals surface area contributed by atoms with Crippen LogP contribution in [0.4, 0.5) is 4.79 Å². The van der Waals surface area contributed by atoms with Crippen LogP contribution in [0.2, 0.25) is 0 Å². The summed E-state index contributed by atoms with van der Waals surface area (Å²) in [4.78, 5) is 69.9. The summed E-state index contributed by atoms with van der Waals surface area (Å²) in [6.07, 6.45) is 9.45. The Balaban J connectivity index is 2.39. The van der Waals surface area contributed by atoms with E-state index in [2.05, 4.69) is 55.2 Å². The first kappa shape index (κ1) is 45.9. The number of hydrogen-bond acceptors (Lipinski definition) is 7. The zero-order valence-electron chi connectivity index (χ0n) is 33.8. The lowest BCUT2D eigenvalue weighted by Gasteiger charge is -2.40. The van der Waals surface area contributed by atoms with Crippen molar-refractivity contribution in [3.63, 3.8) is 0 Å². The van der Waals surface area contributed by atoms with E-state index < -0.39 is 68.5 Å². The lowest BCUT2D eigenvalue weighted by atomic mass is 9.83. The summed E-state index contributed by atoms with van der Waals surface area (Å²) < 4.78 is 26.5. The number of amides is 5. The smallest absolute Gasteiger partial charge is 0.315 e. The van der Waals surface area contributed by atoms with Crippen molar-refractivity contribution >= 4 is 39.4 Å². The maximum Gasteiger partial charge on any atom is 0.315 e. The molecule has 5 amide bonds. The van der Waals surface area contributed by atoms with Gasteiger partial charge in [-0.3, -0.25) is 19.2 Å². The van der Waals surface area contributed by atoms with E-state index >= 15 is 0 Å². The zero-order valence-corrected chi connectivity index (χ0v) is 34.6. The SMILES string of the molecule is C=CCCNC(=O)C(=O)C(CCC=C)NC(=O)[C@@H]1C[C@@H](CC(C)(C)C)CN1C(=O)[C@@H](NC(=O)NC1(CS(=O)(=O)CCC(C)C)CCCCC1)C(C)(C)C. The minimum atomic E-state index is -3.46. The molecule has 4 N–H and O–H groups in total. The van der Waals surface area contributed by atoms with Gasteiger partial charge in [0, 0.05) is 13.1 Å². The van der Waals surface area contributed by atoms with Gasteiger partial charge in [0.1, 0.15) is 12.1 Å². The number of sulfone groups is 1. The van der Waals surface area contributed by atoms with Crippen LogP contribution in [0.25, 0.3) is 0 Å². The molecule has 4 atom stereocenters. The molecule has 0 aromatic rings. The Kier molecular flexibility index (Phi) is 17.3. The number of rotatable bonds is 19. The van der Waals surface area contributed by atoms with E-state index in [1.165, 1.54) is 4.90 Å². The van der Waals surface area contributed by atoms with Crippen molar-refractivity contribution in [3.8, 4) is 0 Å². The van der Waals surface area contributed by atoms with Crippen LogP contribution in [0.5, 0.6) is 0 Å². The Bertz CT molecular complexity index is 1410. The Morgan fingerprint density at radius 2 is 1.53 bits per heavy atom. The van der Waals surface area contributed by atoms with Gasteiger partial charge in [-0.05, 0) is 74.0 Å². The quantitative estimate of drug-likeness (QED) is 0.0793. The molecule has 1 aliphatic carbocycles. The largest absolute Gasteiger partial charge is 0.349 e. The number of likely N-dealkylation sites (tertiary alicyclic amines) is 1. The molecule has 0 aromatic carbocycles. The number of Topliss-reactive ketones (excluding diaryl/α,β-unsaturated/α-hetero) is 1. The molecule has 1 aliphatic heterocycles. The fourth-order valence-corrected chi connectivity index (χ4v) is 9.63. The van der Waals surface area contributed by atoms with Gasteiger partial charge in [0.25, 0.3) is 5.91 Å². The summed E-state index contributed by atoms with van der Waals surface area (Å²) in [5.74, 6) is -2.48. The lowest BCUT2D eigenvalue weighted by molar-refractivity contribution is -0.143. The Morgan fingerprint density at radius 1 is 0.906 bits per heavy atom. The number of carbonyl (C=O) groups excluding carboxylic acids is 5. The Hall–Kier alpha value is -3.22. The van der Waals surface area contributed by atoms with E-state index in [9.17, 15) is 32.4 Å². The molecule has 1 saturated carbocycles. The third-order valence-corrected chi connectivity index (χ3v) is 12.0. The van der Waals surface area contributed by atoms with Crippen molar-refractivity contribution in [2.45, 2.75) is 150 Å². The molecule has 2 rings (SSSR count). The first-order chi connectivity index (χ1) is 24.5. The number of urea groups is 1. The van der Waals surface area contributed by atoms with Gasteiger partial charge in [-0.1, -0.05) is 86.8 Å². The summed E-state index contributed by atoms with van der Waals surface area (Å²) in [7, 11) is -3.46. The van der Waals surface area contributed by atoms with Gasteiger partial charge in [0.2, 0.25) is 17.6 Å². The van der Waals surface area contributed by atoms with E-state index in [0.717, 1.165) is 25.7 Å². The first-order valence-corrected chi connectivity index (χ1v) is 21.3. The van der Waals surface area contributed by atoms with Gasteiger partial charge < -0.3 is 26.2 Å². The molecule has 0 bridgehead atoms. The third-order valence-electron chi connectivity index (χ3n) is 10.1. The van der Waals surface area contributed by atoms with Crippen LogP contribution in [-0.2, 0) is 29.0 Å². The van der Waals surface area contributed by atoms with Crippen molar-refractivity contribution in [2.24, 2.45) is 22.7 Å². The van der Waals surface area contributed by atoms with Gasteiger partial charge >= 0.3 is 6.03 Å². The number of allylic oxidation sites excluding steroid dienone is 1. The monoisotopic (exact) mass is 763 g/mol. The molecular weight excluding hydrogens is 695 g/mol. The molecule has 1 unspecified atom stereocenters. The number of carbonyl (C=O) groups is 5. The molecule has 0 aromatic heterocycles. The highest BCUT2D eigenvalue weighted by Crippen LogP contribution is 2.36. The van der Waals surface area contributed by atoms with Crippen LogP contribution in [0.1, 0.15) is 126 Å². The van der Waals surface area contributed by atoms with Gasteiger partial charge in [0.15, 0.2) is 9.84 Å². The second-order valence-corrected chi connectivity index (χ2v) is 20.2. The van der Waals surface area contributed by atoms with Gasteiger partial charge in [0.05, 0.1) is 23.1 Å². The van der Waals surface area contributed by atoms with Crippen LogP contribution in [0.15, 0.2) is 25.3 Å². The Labute approximate surface area is 319 Å². The molecule has 302 valence electrons. The van der Waals surface area contributed by atoms with Crippen molar-refractivity contribution in [1.82, 2.24) is 26.2 Å². The number of ketones is 1. The summed E-state index contributed by atoms with van der Waals surface area (Å²) in [6, 6.07) is -3.74. The van der Waals surface area contributed by atoms with Crippen LogP contribution in [-0.4, -0.2) is 91.1 Å². The highest BCUT2D eigenvalue weighted by molar-refractivity contribution is 7.91. The third kappa shape index (κ3) is 15.2. The maximum absolute atomic E-state index is 14.6. The lowest BCUT2D eigenvalue weighted by Crippen LogP contribution is -2.63. The molecule has 12 nitrogen and oxygen atoms in total. The first-order valence-electron chi connectivity index (χ1n) is 19.5. The Morgan fingerprint density at radius 3 is 2.08 bits per heavy atom. The van der Waals surface area contributed by atoms with Gasteiger partial charge in [-0.15, -0.1) is 13.2 Å². The summed E-state index contributed by atoms with van der Waals surface area (Å²) in [5.41, 5.74) is -1.82. The molecular formula is C40H69N5O7S. The second-order valence-electron chi connectivity index (χ2n) is 18.0. The van der Waals surface area contributed by atoms with Crippen molar-refractivity contribution in [1.29, 1.82) is 0 Å². The number of nitrogens with zero attached hydrogens (tertiary/aromatic N) is 1. The average molecular weight is 764 g/mol. The van der Waals surface area contributed by atoms with Crippen LogP contribution < -0.4 is 21.3 Å². The van der Waals surface area contributed by atoms with Crippen molar-refractivity contribution < 1.29 is 32.4 Å². The zero-order chi connectivity index (χ0) is 40.2. The minimum absolute atomic E-state index is 0.0322. The molecule has 2 fully saturated rings. The highest BCUT2D eigenvalue weighted by atomic mass is 32.2. The number of nitrogens with one attached hydrogen (secondary N) is 4. The second kappa shape index (κ2) is 19.9. The normalized spacial score (nSPS) is 20.2. The molecule has 1 heterocycles. The standard InChI is InChI=1S/C40H69N5O7S/c1-11-13-18-30(32(46)35(48)41-22-14-12-2)42-34(47)31-24-29(25-38(5,6)7)26-45(31)36(49)33(39(8,9)10)43-37(50)44-40(20-16-15-17-21-40)27-53(51,52)23-19-28(3)4/h11-12,28-31,33H,1-2,13-27H2,3-10H3,(H,41,48)(H,42,47)(H2,43,44,50)/t29-,30?,31-,33+/m0/s1. The molecule has 0 radical (unpaired) electrons. The highest BCUT2D eigenvalue weighted by Gasteiger charge is 2.47. The summed E-state index contributed by atoms with van der Waals surface area (Å²) in [6.45, 7) is 23.6. The van der Waals surface area contributed by atoms with E-state index in [-0.39, 0.29) is 48.3 Å². The van der Waals surface area contributed by atoms with Crippen LogP contribution in [0.3, 0.4) is 0 Å². The topological polar surface area (TPSA) is 171 Å². The van der Waals surface area contributed by atoms with Crippen LogP contribution in [0, 0.1) is 22.7 Å². The molecule has 1 saturated heterocycles. The minimum Gasteiger partial charge on any atom is -0.349 e. The van der Waals surface area contributed by atoms with E-state index in [0.29, 0.717) is 38.5 Å². The predicted octanol–water partition coefficient (Wildman–Crippen LogP) is 5.23. The molecule has 53 heavy (non-hydrogen) atoms. The van der Waals surface area contributed by atoms with Crippen molar-refractivity contribution in [2.75, 3.05) is 24.6 Å². The summed E-state index contributed by atoms with van der Waals surface area (Å²) >= 11 is 0.